The summed E-state index contributed by atoms with van der Waals surface area (Å²) in [5.74, 6) is -0.812. The summed E-state index contributed by atoms with van der Waals surface area (Å²) in [7, 11) is -3.79. The number of benzene rings is 2. The van der Waals surface area contributed by atoms with Gasteiger partial charge >= 0.3 is 0 Å². The average Bonchev–Trinajstić information content (AvgIpc) is 2.74. The summed E-state index contributed by atoms with van der Waals surface area (Å²) in [6.45, 7) is 5.15. The van der Waals surface area contributed by atoms with Crippen LogP contribution in [-0.2, 0) is 26.2 Å². The standard InChI is InChI=1S/C23H29BrClN3O4S/c1-5-16(2)26-23(30)17(3)27(14-18-8-6-9-19(24)12-18)22(29)15-28(33(4,31)32)21-11-7-10-20(25)13-21/h6-13,16-17H,5,14-15H2,1-4H3,(H,26,30). The molecule has 0 aromatic heterocycles. The summed E-state index contributed by atoms with van der Waals surface area (Å²) >= 11 is 9.46. The lowest BCUT2D eigenvalue weighted by Crippen LogP contribution is -2.52. The summed E-state index contributed by atoms with van der Waals surface area (Å²) in [6, 6.07) is 12.8. The van der Waals surface area contributed by atoms with E-state index in [0.29, 0.717) is 5.02 Å². The minimum atomic E-state index is -3.79. The molecule has 2 atom stereocenters. The van der Waals surface area contributed by atoms with Gasteiger partial charge in [-0.15, -0.1) is 0 Å². The highest BCUT2D eigenvalue weighted by Crippen LogP contribution is 2.23. The van der Waals surface area contributed by atoms with Gasteiger partial charge in [-0.3, -0.25) is 13.9 Å². The molecule has 2 amide bonds. The molecule has 0 aliphatic carbocycles. The lowest BCUT2D eigenvalue weighted by Gasteiger charge is -2.32. The Morgan fingerprint density at radius 1 is 1.12 bits per heavy atom. The van der Waals surface area contributed by atoms with E-state index in [0.717, 1.165) is 27.0 Å². The van der Waals surface area contributed by atoms with Gasteiger partial charge in [-0.2, -0.15) is 0 Å². The minimum absolute atomic E-state index is 0.0539. The molecule has 0 bridgehead atoms. The molecule has 0 spiro atoms. The Balaban J connectivity index is 2.38. The monoisotopic (exact) mass is 557 g/mol. The Morgan fingerprint density at radius 3 is 2.36 bits per heavy atom. The van der Waals surface area contributed by atoms with Crippen molar-refractivity contribution in [2.24, 2.45) is 0 Å². The molecular weight excluding hydrogens is 530 g/mol. The van der Waals surface area contributed by atoms with Crippen molar-refractivity contribution in [2.45, 2.75) is 45.8 Å². The Labute approximate surface area is 209 Å². The van der Waals surface area contributed by atoms with E-state index in [4.69, 9.17) is 11.6 Å². The molecule has 7 nitrogen and oxygen atoms in total. The van der Waals surface area contributed by atoms with Crippen LogP contribution in [-0.4, -0.2) is 50.0 Å². The van der Waals surface area contributed by atoms with Crippen LogP contribution in [0.2, 0.25) is 5.02 Å². The van der Waals surface area contributed by atoms with Gasteiger partial charge in [0, 0.05) is 22.1 Å². The first-order chi connectivity index (χ1) is 15.4. The fourth-order valence-corrected chi connectivity index (χ4v) is 4.60. The van der Waals surface area contributed by atoms with Crippen LogP contribution < -0.4 is 9.62 Å². The molecule has 1 N–H and O–H groups in total. The number of rotatable bonds is 10. The van der Waals surface area contributed by atoms with Gasteiger partial charge in [0.25, 0.3) is 0 Å². The Morgan fingerprint density at radius 2 is 1.79 bits per heavy atom. The zero-order valence-electron chi connectivity index (χ0n) is 19.1. The molecule has 0 radical (unpaired) electrons. The minimum Gasteiger partial charge on any atom is -0.352 e. The topological polar surface area (TPSA) is 86.8 Å². The van der Waals surface area contributed by atoms with Gasteiger partial charge in [0.15, 0.2) is 0 Å². The molecular formula is C23H29BrClN3O4S. The second kappa shape index (κ2) is 11.9. The zero-order chi connectivity index (χ0) is 24.8. The lowest BCUT2D eigenvalue weighted by atomic mass is 10.1. The zero-order valence-corrected chi connectivity index (χ0v) is 22.2. The van der Waals surface area contributed by atoms with Crippen molar-refractivity contribution in [3.8, 4) is 0 Å². The quantitative estimate of drug-likeness (QED) is 0.474. The number of nitrogens with one attached hydrogen (secondary N) is 1. The van der Waals surface area contributed by atoms with E-state index in [2.05, 4.69) is 21.2 Å². The third kappa shape index (κ3) is 8.01. The van der Waals surface area contributed by atoms with E-state index in [1.165, 1.54) is 11.0 Å². The predicted octanol–water partition coefficient (Wildman–Crippen LogP) is 4.20. The molecule has 2 aromatic carbocycles. The first-order valence-corrected chi connectivity index (χ1v) is 13.5. The molecule has 2 aromatic rings. The Kier molecular flexibility index (Phi) is 9.75. The maximum absolute atomic E-state index is 13.4. The number of amides is 2. The second-order valence-electron chi connectivity index (χ2n) is 7.89. The Bertz CT molecular complexity index is 1100. The number of hydrogen-bond acceptors (Lipinski definition) is 4. The SMILES string of the molecule is CCC(C)NC(=O)C(C)N(Cc1cccc(Br)c1)C(=O)CN(c1cccc(Cl)c1)S(C)(=O)=O. The third-order valence-electron chi connectivity index (χ3n) is 5.19. The van der Waals surface area contributed by atoms with Gasteiger partial charge in [-0.25, -0.2) is 8.42 Å². The summed E-state index contributed by atoms with van der Waals surface area (Å²) < 4.78 is 26.9. The number of carbonyl (C=O) groups is 2. The number of carbonyl (C=O) groups excluding carboxylic acids is 2. The van der Waals surface area contributed by atoms with E-state index >= 15 is 0 Å². The number of nitrogens with zero attached hydrogens (tertiary/aromatic N) is 2. The molecule has 0 saturated heterocycles. The normalized spacial score (nSPS) is 13.2. The van der Waals surface area contributed by atoms with Crippen molar-refractivity contribution in [2.75, 3.05) is 17.1 Å². The number of anilines is 1. The van der Waals surface area contributed by atoms with Crippen LogP contribution in [0.25, 0.3) is 0 Å². The molecule has 0 heterocycles. The molecule has 0 aliphatic rings. The van der Waals surface area contributed by atoms with Gasteiger partial charge in [0.1, 0.15) is 12.6 Å². The van der Waals surface area contributed by atoms with E-state index in [9.17, 15) is 18.0 Å². The summed E-state index contributed by atoms with van der Waals surface area (Å²) in [5, 5.41) is 3.24. The molecule has 0 aliphatic heterocycles. The summed E-state index contributed by atoms with van der Waals surface area (Å²) in [5.41, 5.74) is 1.08. The second-order valence-corrected chi connectivity index (χ2v) is 11.2. The van der Waals surface area contributed by atoms with Crippen molar-refractivity contribution < 1.29 is 18.0 Å². The lowest BCUT2D eigenvalue weighted by molar-refractivity contribution is -0.139. The number of hydrogen-bond donors (Lipinski definition) is 1. The van der Waals surface area contributed by atoms with Crippen molar-refractivity contribution in [1.82, 2.24) is 10.2 Å². The molecule has 2 unspecified atom stereocenters. The maximum atomic E-state index is 13.4. The molecule has 0 saturated carbocycles. The highest BCUT2D eigenvalue weighted by atomic mass is 79.9. The molecule has 33 heavy (non-hydrogen) atoms. The van der Waals surface area contributed by atoms with Gasteiger partial charge < -0.3 is 10.2 Å². The van der Waals surface area contributed by atoms with E-state index in [-0.39, 0.29) is 24.2 Å². The summed E-state index contributed by atoms with van der Waals surface area (Å²) in [4.78, 5) is 27.7. The Hall–Kier alpha value is -2.10. The van der Waals surface area contributed by atoms with Crippen LogP contribution in [0, 0.1) is 0 Å². The highest BCUT2D eigenvalue weighted by molar-refractivity contribution is 9.10. The van der Waals surface area contributed by atoms with Crippen LogP contribution in [0.4, 0.5) is 5.69 Å². The smallest absolute Gasteiger partial charge is 0.244 e. The van der Waals surface area contributed by atoms with Crippen LogP contribution in [0.3, 0.4) is 0 Å². The fourth-order valence-electron chi connectivity index (χ4n) is 3.13. The van der Waals surface area contributed by atoms with E-state index in [1.54, 1.807) is 25.1 Å². The molecule has 10 heteroatoms. The van der Waals surface area contributed by atoms with Gasteiger partial charge in [0.05, 0.1) is 11.9 Å². The van der Waals surface area contributed by atoms with Crippen molar-refractivity contribution in [3.63, 3.8) is 0 Å². The highest BCUT2D eigenvalue weighted by Gasteiger charge is 2.30. The van der Waals surface area contributed by atoms with Crippen molar-refractivity contribution in [3.05, 3.63) is 63.6 Å². The van der Waals surface area contributed by atoms with Gasteiger partial charge in [0.2, 0.25) is 21.8 Å². The first-order valence-electron chi connectivity index (χ1n) is 10.5. The van der Waals surface area contributed by atoms with E-state index in [1.807, 2.05) is 38.1 Å². The van der Waals surface area contributed by atoms with Crippen molar-refractivity contribution >= 4 is 55.1 Å². The summed E-state index contributed by atoms with van der Waals surface area (Å²) in [6.07, 6.45) is 1.77. The maximum Gasteiger partial charge on any atom is 0.244 e. The molecule has 2 rings (SSSR count). The third-order valence-corrected chi connectivity index (χ3v) is 7.05. The number of halogens is 2. The van der Waals surface area contributed by atoms with Gasteiger partial charge in [-0.05, 0) is 56.2 Å². The molecule has 180 valence electrons. The van der Waals surface area contributed by atoms with Crippen LogP contribution in [0.15, 0.2) is 53.0 Å². The molecule has 0 fully saturated rings. The van der Waals surface area contributed by atoms with Crippen LogP contribution in [0.5, 0.6) is 0 Å². The van der Waals surface area contributed by atoms with E-state index < -0.39 is 28.5 Å². The van der Waals surface area contributed by atoms with Crippen LogP contribution >= 0.6 is 27.5 Å². The average molecular weight is 559 g/mol. The van der Waals surface area contributed by atoms with Gasteiger partial charge in [-0.1, -0.05) is 52.7 Å². The first kappa shape index (κ1) is 27.1. The van der Waals surface area contributed by atoms with Crippen molar-refractivity contribution in [1.29, 1.82) is 0 Å². The fraction of sp³-hybridized carbons (Fsp3) is 0.391. The predicted molar refractivity (Wildman–Crippen MR) is 136 cm³/mol. The largest absolute Gasteiger partial charge is 0.352 e. The van der Waals surface area contributed by atoms with Crippen LogP contribution in [0.1, 0.15) is 32.8 Å². The number of sulfonamides is 1.